The molecule has 2 N–H and O–H groups in total. The summed E-state index contributed by atoms with van der Waals surface area (Å²) in [6.45, 7) is 2.75. The van der Waals surface area contributed by atoms with Crippen LogP contribution >= 0.6 is 11.6 Å². The van der Waals surface area contributed by atoms with Gasteiger partial charge in [-0.05, 0) is 56.5 Å². The lowest BCUT2D eigenvalue weighted by molar-refractivity contribution is 0.149. The van der Waals surface area contributed by atoms with Gasteiger partial charge < -0.3 is 15.3 Å². The summed E-state index contributed by atoms with van der Waals surface area (Å²) in [5.74, 6) is -0.481. The highest BCUT2D eigenvalue weighted by molar-refractivity contribution is 6.30. The van der Waals surface area contributed by atoms with Crippen LogP contribution < -0.4 is 5.32 Å². The van der Waals surface area contributed by atoms with Gasteiger partial charge in [0.1, 0.15) is 5.82 Å². The van der Waals surface area contributed by atoms with Crippen molar-refractivity contribution in [1.82, 2.24) is 10.2 Å². The lowest BCUT2D eigenvalue weighted by Gasteiger charge is -2.33. The van der Waals surface area contributed by atoms with Crippen LogP contribution in [0.1, 0.15) is 37.4 Å². The Hall–Kier alpha value is -0.680. The number of rotatable bonds is 5. The van der Waals surface area contributed by atoms with Crippen LogP contribution in [0.25, 0.3) is 0 Å². The molecule has 1 unspecified atom stereocenters. The number of nitrogens with zero attached hydrogens (tertiary/aromatic N) is 1. The fourth-order valence-corrected chi connectivity index (χ4v) is 3.14. The topological polar surface area (TPSA) is 35.5 Å². The van der Waals surface area contributed by atoms with Crippen molar-refractivity contribution >= 4 is 11.6 Å². The van der Waals surface area contributed by atoms with Gasteiger partial charge in [0.2, 0.25) is 0 Å². The second-order valence-corrected chi connectivity index (χ2v) is 6.55. The maximum absolute atomic E-state index is 13.4. The zero-order valence-electron chi connectivity index (χ0n) is 12.1. The molecule has 21 heavy (non-hydrogen) atoms. The number of aliphatic hydroxyl groups is 1. The standard InChI is InChI=1S/C16H22ClFN2O/c17-14-4-1-11(9-15(14)18)16(21)10-19-12-5-7-20(8-6-12)13-2-3-13/h1,4,9,12-13,16,19,21H,2-3,5-8,10H2. The van der Waals surface area contributed by atoms with Gasteiger partial charge in [-0.15, -0.1) is 0 Å². The van der Waals surface area contributed by atoms with E-state index >= 15 is 0 Å². The third-order valence-corrected chi connectivity index (χ3v) is 4.83. The van der Waals surface area contributed by atoms with Gasteiger partial charge in [0.25, 0.3) is 0 Å². The third-order valence-electron chi connectivity index (χ3n) is 4.52. The number of halogens is 2. The van der Waals surface area contributed by atoms with Crippen molar-refractivity contribution < 1.29 is 9.50 Å². The molecule has 1 saturated carbocycles. The largest absolute Gasteiger partial charge is 0.387 e. The molecule has 0 bridgehead atoms. The molecule has 1 aliphatic carbocycles. The first-order valence-corrected chi connectivity index (χ1v) is 8.11. The van der Waals surface area contributed by atoms with Crippen molar-refractivity contribution in [3.8, 4) is 0 Å². The van der Waals surface area contributed by atoms with Crippen molar-refractivity contribution in [3.05, 3.63) is 34.6 Å². The quantitative estimate of drug-likeness (QED) is 0.877. The molecule has 0 amide bonds. The van der Waals surface area contributed by atoms with Gasteiger partial charge in [0.05, 0.1) is 11.1 Å². The van der Waals surface area contributed by atoms with E-state index in [2.05, 4.69) is 10.2 Å². The van der Waals surface area contributed by atoms with E-state index in [-0.39, 0.29) is 5.02 Å². The van der Waals surface area contributed by atoms with E-state index < -0.39 is 11.9 Å². The zero-order chi connectivity index (χ0) is 14.8. The number of nitrogens with one attached hydrogen (secondary N) is 1. The predicted octanol–water partition coefficient (Wildman–Crippen LogP) is 2.73. The SMILES string of the molecule is OC(CNC1CCN(C2CC2)CC1)c1ccc(Cl)c(F)c1. The van der Waals surface area contributed by atoms with Crippen LogP contribution in [0.5, 0.6) is 0 Å². The molecule has 3 nitrogen and oxygen atoms in total. The number of aliphatic hydroxyl groups excluding tert-OH is 1. The second kappa shape index (κ2) is 6.61. The summed E-state index contributed by atoms with van der Waals surface area (Å²) in [5, 5.41) is 13.6. The second-order valence-electron chi connectivity index (χ2n) is 6.14. The fraction of sp³-hybridized carbons (Fsp3) is 0.625. The van der Waals surface area contributed by atoms with Gasteiger partial charge in [0, 0.05) is 18.6 Å². The van der Waals surface area contributed by atoms with Crippen LogP contribution in [0, 0.1) is 5.82 Å². The number of piperidine rings is 1. The van der Waals surface area contributed by atoms with E-state index in [0.29, 0.717) is 18.2 Å². The van der Waals surface area contributed by atoms with E-state index in [1.165, 1.54) is 25.0 Å². The normalized spacial score (nSPS) is 22.4. The summed E-state index contributed by atoms with van der Waals surface area (Å²) in [7, 11) is 0. The van der Waals surface area contributed by atoms with Crippen LogP contribution in [0.2, 0.25) is 5.02 Å². The highest BCUT2D eigenvalue weighted by Gasteiger charge is 2.31. The molecule has 1 aromatic rings. The number of likely N-dealkylation sites (tertiary alicyclic amines) is 1. The monoisotopic (exact) mass is 312 g/mol. The first kappa shape index (κ1) is 15.2. The number of hydrogen-bond acceptors (Lipinski definition) is 3. The molecule has 0 spiro atoms. The van der Waals surface area contributed by atoms with Gasteiger partial charge in [-0.2, -0.15) is 0 Å². The molecular weight excluding hydrogens is 291 g/mol. The lowest BCUT2D eigenvalue weighted by atomic mass is 10.0. The molecule has 1 aromatic carbocycles. The summed E-state index contributed by atoms with van der Waals surface area (Å²) in [5.41, 5.74) is 0.569. The summed E-state index contributed by atoms with van der Waals surface area (Å²) < 4.78 is 13.4. The molecule has 0 aromatic heterocycles. The van der Waals surface area contributed by atoms with Gasteiger partial charge >= 0.3 is 0 Å². The van der Waals surface area contributed by atoms with Crippen molar-refractivity contribution in [2.75, 3.05) is 19.6 Å². The van der Waals surface area contributed by atoms with E-state index in [0.717, 1.165) is 32.0 Å². The van der Waals surface area contributed by atoms with Crippen LogP contribution in [0.15, 0.2) is 18.2 Å². The Bertz CT molecular complexity index is 487. The highest BCUT2D eigenvalue weighted by Crippen LogP contribution is 2.29. The molecule has 3 rings (SSSR count). The smallest absolute Gasteiger partial charge is 0.142 e. The molecular formula is C16H22ClFN2O. The fourth-order valence-electron chi connectivity index (χ4n) is 3.02. The molecule has 1 heterocycles. The average Bonchev–Trinajstić information content (AvgIpc) is 3.33. The lowest BCUT2D eigenvalue weighted by Crippen LogP contribution is -2.44. The molecule has 5 heteroatoms. The summed E-state index contributed by atoms with van der Waals surface area (Å²) in [6.07, 6.45) is 4.27. The summed E-state index contributed by atoms with van der Waals surface area (Å²) in [6, 6.07) is 5.77. The number of hydrogen-bond donors (Lipinski definition) is 2. The first-order chi connectivity index (χ1) is 10.1. The summed E-state index contributed by atoms with van der Waals surface area (Å²) >= 11 is 5.65. The van der Waals surface area contributed by atoms with Crippen LogP contribution in [-0.2, 0) is 0 Å². The molecule has 1 aliphatic heterocycles. The predicted molar refractivity (Wildman–Crippen MR) is 82.0 cm³/mol. The first-order valence-electron chi connectivity index (χ1n) is 7.74. The van der Waals surface area contributed by atoms with Crippen LogP contribution in [0.4, 0.5) is 4.39 Å². The van der Waals surface area contributed by atoms with E-state index in [1.54, 1.807) is 6.07 Å². The minimum Gasteiger partial charge on any atom is -0.387 e. The minimum absolute atomic E-state index is 0.0892. The Labute approximate surface area is 130 Å². The molecule has 2 aliphatic rings. The van der Waals surface area contributed by atoms with Gasteiger partial charge in [-0.3, -0.25) is 0 Å². The Balaban J connectivity index is 1.45. The van der Waals surface area contributed by atoms with Crippen molar-refractivity contribution in [2.24, 2.45) is 0 Å². The molecule has 2 fully saturated rings. The zero-order valence-corrected chi connectivity index (χ0v) is 12.8. The molecule has 0 radical (unpaired) electrons. The third kappa shape index (κ3) is 3.95. The van der Waals surface area contributed by atoms with Crippen molar-refractivity contribution in [3.63, 3.8) is 0 Å². The Morgan fingerprint density at radius 3 is 2.62 bits per heavy atom. The van der Waals surface area contributed by atoms with Crippen molar-refractivity contribution in [1.29, 1.82) is 0 Å². The number of benzene rings is 1. The van der Waals surface area contributed by atoms with Crippen LogP contribution in [-0.4, -0.2) is 41.7 Å². The van der Waals surface area contributed by atoms with Crippen LogP contribution in [0.3, 0.4) is 0 Å². The Morgan fingerprint density at radius 2 is 2.00 bits per heavy atom. The maximum Gasteiger partial charge on any atom is 0.142 e. The Morgan fingerprint density at radius 1 is 1.29 bits per heavy atom. The highest BCUT2D eigenvalue weighted by atomic mass is 35.5. The van der Waals surface area contributed by atoms with E-state index in [9.17, 15) is 9.50 Å². The molecule has 116 valence electrons. The van der Waals surface area contributed by atoms with Gasteiger partial charge in [-0.25, -0.2) is 4.39 Å². The molecule has 1 saturated heterocycles. The van der Waals surface area contributed by atoms with Crippen molar-refractivity contribution in [2.45, 2.75) is 43.9 Å². The Kier molecular flexibility index (Phi) is 4.79. The van der Waals surface area contributed by atoms with E-state index in [4.69, 9.17) is 11.6 Å². The molecule has 1 atom stereocenters. The average molecular weight is 313 g/mol. The van der Waals surface area contributed by atoms with Gasteiger partial charge in [0.15, 0.2) is 0 Å². The summed E-state index contributed by atoms with van der Waals surface area (Å²) in [4.78, 5) is 2.57. The van der Waals surface area contributed by atoms with E-state index in [1.807, 2.05) is 0 Å². The maximum atomic E-state index is 13.4. The minimum atomic E-state index is -0.696. The van der Waals surface area contributed by atoms with Gasteiger partial charge in [-0.1, -0.05) is 17.7 Å².